The zero-order valence-electron chi connectivity index (χ0n) is 10.1. The highest BCUT2D eigenvalue weighted by Crippen LogP contribution is 2.22. The van der Waals surface area contributed by atoms with E-state index in [0.717, 1.165) is 38.4 Å². The van der Waals surface area contributed by atoms with Crippen LogP contribution in [0.4, 0.5) is 11.8 Å². The molecule has 0 aliphatic carbocycles. The fourth-order valence-electron chi connectivity index (χ4n) is 2.16. The van der Waals surface area contributed by atoms with Crippen molar-refractivity contribution >= 4 is 11.8 Å². The van der Waals surface area contributed by atoms with E-state index in [4.69, 9.17) is 10.6 Å². The molecule has 0 spiro atoms. The van der Waals surface area contributed by atoms with Crippen LogP contribution < -0.4 is 16.2 Å². The molecule has 17 heavy (non-hydrogen) atoms. The molecule has 0 bridgehead atoms. The molecule has 0 aromatic carbocycles. The van der Waals surface area contributed by atoms with Crippen molar-refractivity contribution < 1.29 is 4.74 Å². The van der Waals surface area contributed by atoms with Crippen molar-refractivity contribution in [2.24, 2.45) is 11.8 Å². The molecule has 3 N–H and O–H groups in total. The second kappa shape index (κ2) is 5.79. The number of nitrogens with two attached hydrogens (primary N) is 1. The van der Waals surface area contributed by atoms with Crippen molar-refractivity contribution in [3.63, 3.8) is 0 Å². The third-order valence-corrected chi connectivity index (χ3v) is 3.11. The average molecular weight is 237 g/mol. The van der Waals surface area contributed by atoms with Crippen molar-refractivity contribution in [1.82, 2.24) is 9.97 Å². The number of methoxy groups -OCH3 is 1. The number of aromatic nitrogens is 2. The molecule has 0 unspecified atom stereocenters. The maximum Gasteiger partial charge on any atom is 0.239 e. The van der Waals surface area contributed by atoms with E-state index >= 15 is 0 Å². The minimum absolute atomic E-state index is 0.460. The number of anilines is 2. The fourth-order valence-corrected chi connectivity index (χ4v) is 2.16. The first kappa shape index (κ1) is 12.1. The number of piperidine rings is 1. The second-order valence-corrected chi connectivity index (χ2v) is 4.27. The first-order valence-corrected chi connectivity index (χ1v) is 5.87. The van der Waals surface area contributed by atoms with Gasteiger partial charge in [-0.1, -0.05) is 0 Å². The van der Waals surface area contributed by atoms with Crippen LogP contribution in [-0.4, -0.2) is 36.8 Å². The van der Waals surface area contributed by atoms with Gasteiger partial charge in [0.1, 0.15) is 5.82 Å². The van der Waals surface area contributed by atoms with Crippen LogP contribution in [0.25, 0.3) is 0 Å². The molecule has 0 amide bonds. The van der Waals surface area contributed by atoms with Crippen LogP contribution in [0.15, 0.2) is 12.3 Å². The maximum atomic E-state index is 5.30. The predicted molar refractivity (Wildman–Crippen MR) is 66.7 cm³/mol. The van der Waals surface area contributed by atoms with Crippen LogP contribution >= 0.6 is 0 Å². The Kier molecular flexibility index (Phi) is 4.11. The molecule has 0 saturated carbocycles. The van der Waals surface area contributed by atoms with Gasteiger partial charge in [0.05, 0.1) is 0 Å². The zero-order valence-corrected chi connectivity index (χ0v) is 10.1. The lowest BCUT2D eigenvalue weighted by Gasteiger charge is -2.32. The smallest absolute Gasteiger partial charge is 0.239 e. The van der Waals surface area contributed by atoms with E-state index in [-0.39, 0.29) is 0 Å². The minimum atomic E-state index is 0.460. The molecule has 94 valence electrons. The van der Waals surface area contributed by atoms with Gasteiger partial charge >= 0.3 is 0 Å². The van der Waals surface area contributed by atoms with Gasteiger partial charge in [-0.2, -0.15) is 4.98 Å². The van der Waals surface area contributed by atoms with Gasteiger partial charge in [-0.3, -0.25) is 5.43 Å². The van der Waals surface area contributed by atoms with Crippen LogP contribution in [0, 0.1) is 5.92 Å². The summed E-state index contributed by atoms with van der Waals surface area (Å²) in [6.07, 6.45) is 4.01. The van der Waals surface area contributed by atoms with Gasteiger partial charge in [0, 0.05) is 33.0 Å². The Morgan fingerprint density at radius 3 is 2.94 bits per heavy atom. The number of hydrogen-bond donors (Lipinski definition) is 2. The fraction of sp³-hybridized carbons (Fsp3) is 0.636. The number of nitrogens with zero attached hydrogens (tertiary/aromatic N) is 3. The zero-order chi connectivity index (χ0) is 12.1. The average Bonchev–Trinajstić information content (AvgIpc) is 2.40. The number of rotatable bonds is 4. The predicted octanol–water partition coefficient (Wildman–Crippen LogP) is 0.625. The van der Waals surface area contributed by atoms with Crippen LogP contribution in [-0.2, 0) is 4.74 Å². The lowest BCUT2D eigenvalue weighted by molar-refractivity contribution is 0.139. The summed E-state index contributed by atoms with van der Waals surface area (Å²) in [4.78, 5) is 10.6. The summed E-state index contributed by atoms with van der Waals surface area (Å²) in [7, 11) is 1.76. The van der Waals surface area contributed by atoms with Crippen molar-refractivity contribution in [2.45, 2.75) is 12.8 Å². The molecule has 1 aromatic heterocycles. The second-order valence-electron chi connectivity index (χ2n) is 4.27. The SMILES string of the molecule is COCC1CCN(c2ccnc(NN)n2)CC1. The molecule has 0 atom stereocenters. The van der Waals surface area contributed by atoms with E-state index in [2.05, 4.69) is 20.3 Å². The Labute approximate surface area is 101 Å². The molecule has 2 rings (SSSR count). The molecule has 2 heterocycles. The highest BCUT2D eigenvalue weighted by molar-refractivity contribution is 5.42. The summed E-state index contributed by atoms with van der Waals surface area (Å²) in [6.45, 7) is 2.87. The number of hydrazine groups is 1. The first-order chi connectivity index (χ1) is 8.33. The highest BCUT2D eigenvalue weighted by atomic mass is 16.5. The van der Waals surface area contributed by atoms with E-state index < -0.39 is 0 Å². The molecule has 6 heteroatoms. The van der Waals surface area contributed by atoms with Crippen molar-refractivity contribution in [2.75, 3.05) is 37.1 Å². The van der Waals surface area contributed by atoms with Crippen molar-refractivity contribution in [1.29, 1.82) is 0 Å². The maximum absolute atomic E-state index is 5.30. The third-order valence-electron chi connectivity index (χ3n) is 3.11. The number of nitrogen functional groups attached to an aromatic ring is 1. The Bertz CT molecular complexity index is 351. The summed E-state index contributed by atoms with van der Waals surface area (Å²) >= 11 is 0. The minimum Gasteiger partial charge on any atom is -0.384 e. The first-order valence-electron chi connectivity index (χ1n) is 5.87. The van der Waals surface area contributed by atoms with Crippen molar-refractivity contribution in [3.8, 4) is 0 Å². The van der Waals surface area contributed by atoms with E-state index in [9.17, 15) is 0 Å². The summed E-state index contributed by atoms with van der Waals surface area (Å²) < 4.78 is 5.19. The number of ether oxygens (including phenoxy) is 1. The Morgan fingerprint density at radius 1 is 1.53 bits per heavy atom. The standard InChI is InChI=1S/C11H19N5O/c1-17-8-9-3-6-16(7-4-9)10-2-5-13-11(14-10)15-12/h2,5,9H,3-4,6-8,12H2,1H3,(H,13,14,15). The molecule has 1 aromatic rings. The lowest BCUT2D eigenvalue weighted by atomic mass is 9.98. The normalized spacial score (nSPS) is 17.2. The molecular formula is C11H19N5O. The van der Waals surface area contributed by atoms with E-state index in [1.807, 2.05) is 6.07 Å². The molecule has 6 nitrogen and oxygen atoms in total. The summed E-state index contributed by atoms with van der Waals surface area (Å²) in [6, 6.07) is 1.91. The van der Waals surface area contributed by atoms with Crippen LogP contribution in [0.2, 0.25) is 0 Å². The third kappa shape index (κ3) is 3.04. The summed E-state index contributed by atoms with van der Waals surface area (Å²) in [5.41, 5.74) is 2.47. The van der Waals surface area contributed by atoms with Gasteiger partial charge in [0.15, 0.2) is 0 Å². The molecule has 1 aliphatic rings. The Morgan fingerprint density at radius 2 is 2.29 bits per heavy atom. The number of hydrogen-bond acceptors (Lipinski definition) is 6. The number of nitrogens with one attached hydrogen (secondary N) is 1. The summed E-state index contributed by atoms with van der Waals surface area (Å²) in [5.74, 6) is 7.37. The monoisotopic (exact) mass is 237 g/mol. The van der Waals surface area contributed by atoms with Gasteiger partial charge in [-0.15, -0.1) is 0 Å². The van der Waals surface area contributed by atoms with Crippen LogP contribution in [0.1, 0.15) is 12.8 Å². The van der Waals surface area contributed by atoms with Crippen molar-refractivity contribution in [3.05, 3.63) is 12.3 Å². The molecule has 1 fully saturated rings. The van der Waals surface area contributed by atoms with E-state index in [0.29, 0.717) is 11.9 Å². The van der Waals surface area contributed by atoms with Crippen LogP contribution in [0.5, 0.6) is 0 Å². The highest BCUT2D eigenvalue weighted by Gasteiger charge is 2.20. The molecule has 1 aliphatic heterocycles. The van der Waals surface area contributed by atoms with E-state index in [1.165, 1.54) is 0 Å². The largest absolute Gasteiger partial charge is 0.384 e. The van der Waals surface area contributed by atoms with Gasteiger partial charge in [-0.25, -0.2) is 10.8 Å². The topological polar surface area (TPSA) is 76.3 Å². The molecule has 0 radical (unpaired) electrons. The molecular weight excluding hydrogens is 218 g/mol. The summed E-state index contributed by atoms with van der Waals surface area (Å²) in [5, 5.41) is 0. The molecule has 1 saturated heterocycles. The quantitative estimate of drug-likeness (QED) is 0.590. The van der Waals surface area contributed by atoms with E-state index in [1.54, 1.807) is 13.3 Å². The van der Waals surface area contributed by atoms with Crippen LogP contribution in [0.3, 0.4) is 0 Å². The lowest BCUT2D eigenvalue weighted by Crippen LogP contribution is -2.35. The van der Waals surface area contributed by atoms with Gasteiger partial charge in [0.2, 0.25) is 5.95 Å². The Hall–Kier alpha value is -1.40. The van der Waals surface area contributed by atoms with Gasteiger partial charge in [-0.05, 0) is 24.8 Å². The Balaban J connectivity index is 1.95. The van der Waals surface area contributed by atoms with Gasteiger partial charge in [0.25, 0.3) is 0 Å². The van der Waals surface area contributed by atoms with Gasteiger partial charge < -0.3 is 9.64 Å².